The summed E-state index contributed by atoms with van der Waals surface area (Å²) < 4.78 is 23.8. The lowest BCUT2D eigenvalue weighted by molar-refractivity contribution is -0.113. The Morgan fingerprint density at radius 3 is 2.62 bits per heavy atom. The van der Waals surface area contributed by atoms with E-state index in [1.807, 2.05) is 35.9 Å². The molecule has 9 nitrogen and oxygen atoms in total. The number of benzene rings is 2. The van der Waals surface area contributed by atoms with Crippen molar-refractivity contribution in [1.29, 1.82) is 0 Å². The molecular weight excluding hydrogens is 432 g/mol. The van der Waals surface area contributed by atoms with Crippen molar-refractivity contribution < 1.29 is 23.7 Å². The molecule has 4 rings (SSSR count). The number of nitrogens with zero attached hydrogens (tertiary/aromatic N) is 3. The van der Waals surface area contributed by atoms with E-state index >= 15 is 0 Å². The maximum atomic E-state index is 12.5. The molecule has 1 aliphatic rings. The molecular formula is C22H24N4O5S. The van der Waals surface area contributed by atoms with E-state index in [2.05, 4.69) is 15.5 Å². The third-order valence-corrected chi connectivity index (χ3v) is 5.86. The number of nitrogens with one attached hydrogen (secondary N) is 1. The van der Waals surface area contributed by atoms with E-state index in [0.29, 0.717) is 52.9 Å². The van der Waals surface area contributed by atoms with Gasteiger partial charge in [0.1, 0.15) is 0 Å². The topological polar surface area (TPSA) is 96.7 Å². The monoisotopic (exact) mass is 456 g/mol. The summed E-state index contributed by atoms with van der Waals surface area (Å²) in [6, 6.07) is 10.9. The van der Waals surface area contributed by atoms with E-state index in [1.54, 1.807) is 26.4 Å². The first-order valence-electron chi connectivity index (χ1n) is 10.0. The highest BCUT2D eigenvalue weighted by molar-refractivity contribution is 7.99. The lowest BCUT2D eigenvalue weighted by atomic mass is 10.2. The molecule has 10 heteroatoms. The van der Waals surface area contributed by atoms with Crippen LogP contribution in [0.1, 0.15) is 6.42 Å². The number of amides is 1. The van der Waals surface area contributed by atoms with Crippen LogP contribution in [0.25, 0.3) is 11.4 Å². The molecule has 0 atom stereocenters. The lowest BCUT2D eigenvalue weighted by Gasteiger charge is -2.10. The number of aromatic nitrogens is 3. The number of hydrogen-bond donors (Lipinski definition) is 1. The van der Waals surface area contributed by atoms with Gasteiger partial charge in [0, 0.05) is 30.8 Å². The van der Waals surface area contributed by atoms with Gasteiger partial charge < -0.3 is 28.8 Å². The van der Waals surface area contributed by atoms with E-state index in [-0.39, 0.29) is 11.7 Å². The Kier molecular flexibility index (Phi) is 6.69. The van der Waals surface area contributed by atoms with Gasteiger partial charge in [0.2, 0.25) is 5.91 Å². The van der Waals surface area contributed by atoms with E-state index < -0.39 is 0 Å². The fourth-order valence-corrected chi connectivity index (χ4v) is 3.95. The second kappa shape index (κ2) is 9.82. The van der Waals surface area contributed by atoms with Gasteiger partial charge in [0.25, 0.3) is 0 Å². The predicted octanol–water partition coefficient (Wildman–Crippen LogP) is 3.39. The van der Waals surface area contributed by atoms with Crippen LogP contribution in [0, 0.1) is 0 Å². The molecule has 2 aromatic carbocycles. The van der Waals surface area contributed by atoms with E-state index in [9.17, 15) is 4.79 Å². The molecule has 1 amide bonds. The molecule has 2 heterocycles. The minimum absolute atomic E-state index is 0.153. The molecule has 0 aliphatic carbocycles. The second-order valence-corrected chi connectivity index (χ2v) is 7.93. The van der Waals surface area contributed by atoms with Crippen LogP contribution in [0.5, 0.6) is 23.0 Å². The van der Waals surface area contributed by atoms with Gasteiger partial charge in [0.15, 0.2) is 34.0 Å². The number of anilines is 1. The van der Waals surface area contributed by atoms with Gasteiger partial charge >= 0.3 is 0 Å². The average Bonchev–Trinajstić information content (AvgIpc) is 3.02. The van der Waals surface area contributed by atoms with Gasteiger partial charge in [-0.25, -0.2) is 0 Å². The smallest absolute Gasteiger partial charge is 0.234 e. The number of rotatable bonds is 7. The predicted molar refractivity (Wildman–Crippen MR) is 121 cm³/mol. The summed E-state index contributed by atoms with van der Waals surface area (Å²) in [7, 11) is 5.03. The fourth-order valence-electron chi connectivity index (χ4n) is 3.24. The largest absolute Gasteiger partial charge is 0.493 e. The van der Waals surface area contributed by atoms with Gasteiger partial charge in [-0.2, -0.15) is 0 Å². The van der Waals surface area contributed by atoms with Gasteiger partial charge in [-0.3, -0.25) is 4.79 Å². The molecule has 0 saturated carbocycles. The van der Waals surface area contributed by atoms with Crippen molar-refractivity contribution in [2.45, 2.75) is 11.6 Å². The Balaban J connectivity index is 1.40. The zero-order valence-electron chi connectivity index (χ0n) is 18.1. The van der Waals surface area contributed by atoms with Gasteiger partial charge in [-0.1, -0.05) is 11.8 Å². The summed E-state index contributed by atoms with van der Waals surface area (Å²) in [4.78, 5) is 12.5. The molecule has 1 N–H and O–H groups in total. The SMILES string of the molecule is COc1ccc(-c2nnc(SCC(=O)Nc3ccc4c(c3)OCCCO4)n2C)cc1OC. The molecule has 0 saturated heterocycles. The van der Waals surface area contributed by atoms with Crippen LogP contribution >= 0.6 is 11.8 Å². The fraction of sp³-hybridized carbons (Fsp3) is 0.318. The van der Waals surface area contributed by atoms with Crippen LogP contribution in [-0.4, -0.2) is 53.9 Å². The number of ether oxygens (including phenoxy) is 4. The number of carbonyl (C=O) groups is 1. The first kappa shape index (κ1) is 21.8. The van der Waals surface area contributed by atoms with Crippen molar-refractivity contribution in [1.82, 2.24) is 14.8 Å². The molecule has 0 spiro atoms. The highest BCUT2D eigenvalue weighted by Crippen LogP contribution is 2.33. The third kappa shape index (κ3) is 4.75. The Morgan fingerprint density at radius 1 is 1.06 bits per heavy atom. The maximum Gasteiger partial charge on any atom is 0.234 e. The van der Waals surface area contributed by atoms with Crippen LogP contribution in [0.15, 0.2) is 41.6 Å². The zero-order chi connectivity index (χ0) is 22.5. The molecule has 0 radical (unpaired) electrons. The summed E-state index contributed by atoms with van der Waals surface area (Å²) in [6.07, 6.45) is 0.829. The summed E-state index contributed by atoms with van der Waals surface area (Å²) >= 11 is 1.31. The van der Waals surface area contributed by atoms with E-state index in [0.717, 1.165) is 12.0 Å². The van der Waals surface area contributed by atoms with E-state index in [1.165, 1.54) is 11.8 Å². The molecule has 0 fully saturated rings. The summed E-state index contributed by atoms with van der Waals surface area (Å²) in [5.41, 5.74) is 1.49. The molecule has 0 unspecified atom stereocenters. The first-order chi connectivity index (χ1) is 15.6. The maximum absolute atomic E-state index is 12.5. The zero-order valence-corrected chi connectivity index (χ0v) is 18.9. The Bertz CT molecular complexity index is 1120. The highest BCUT2D eigenvalue weighted by atomic mass is 32.2. The van der Waals surface area contributed by atoms with Crippen LogP contribution in [-0.2, 0) is 11.8 Å². The lowest BCUT2D eigenvalue weighted by Crippen LogP contribution is -2.14. The van der Waals surface area contributed by atoms with Crippen LogP contribution in [0.3, 0.4) is 0 Å². The average molecular weight is 457 g/mol. The van der Waals surface area contributed by atoms with Gasteiger partial charge in [0.05, 0.1) is 33.2 Å². The third-order valence-electron chi connectivity index (χ3n) is 4.84. The summed E-state index contributed by atoms with van der Waals surface area (Å²) in [6.45, 7) is 1.22. The number of fused-ring (bicyclic) bond motifs is 1. The molecule has 1 aromatic heterocycles. The Labute approximate surface area is 190 Å². The van der Waals surface area contributed by atoms with Crippen LogP contribution < -0.4 is 24.3 Å². The first-order valence-corrected chi connectivity index (χ1v) is 11.0. The normalized spacial score (nSPS) is 12.7. The van der Waals surface area contributed by atoms with Crippen molar-refractivity contribution >= 4 is 23.4 Å². The van der Waals surface area contributed by atoms with Crippen molar-refractivity contribution in [2.24, 2.45) is 7.05 Å². The van der Waals surface area contributed by atoms with Crippen molar-refractivity contribution in [3.8, 4) is 34.4 Å². The van der Waals surface area contributed by atoms with Crippen molar-refractivity contribution in [3.05, 3.63) is 36.4 Å². The van der Waals surface area contributed by atoms with Crippen LogP contribution in [0.4, 0.5) is 5.69 Å². The molecule has 0 bridgehead atoms. The van der Waals surface area contributed by atoms with Gasteiger partial charge in [-0.05, 0) is 30.3 Å². The highest BCUT2D eigenvalue weighted by Gasteiger charge is 2.16. The molecule has 168 valence electrons. The Morgan fingerprint density at radius 2 is 1.84 bits per heavy atom. The standard InChI is InChI=1S/C22H24N4O5S/c1-26-21(14-5-7-16(28-2)18(11-14)29-3)24-25-22(26)32-13-20(27)23-15-6-8-17-19(12-15)31-10-4-9-30-17/h5-8,11-12H,4,9-10,13H2,1-3H3,(H,23,27). The second-order valence-electron chi connectivity index (χ2n) is 6.98. The number of carbonyl (C=O) groups excluding carboxylic acids is 1. The van der Waals surface area contributed by atoms with Gasteiger partial charge in [-0.15, -0.1) is 10.2 Å². The van der Waals surface area contributed by atoms with Crippen LogP contribution in [0.2, 0.25) is 0 Å². The minimum atomic E-state index is -0.153. The van der Waals surface area contributed by atoms with E-state index in [4.69, 9.17) is 18.9 Å². The number of methoxy groups -OCH3 is 2. The Hall–Kier alpha value is -3.40. The number of thioether (sulfide) groups is 1. The van der Waals surface area contributed by atoms with Crippen molar-refractivity contribution in [3.63, 3.8) is 0 Å². The quantitative estimate of drug-likeness (QED) is 0.541. The minimum Gasteiger partial charge on any atom is -0.493 e. The summed E-state index contributed by atoms with van der Waals surface area (Å²) in [5.74, 6) is 3.28. The molecule has 32 heavy (non-hydrogen) atoms. The molecule has 1 aliphatic heterocycles. The molecule has 3 aromatic rings. The van der Waals surface area contributed by atoms with Crippen molar-refractivity contribution in [2.75, 3.05) is 38.5 Å². The number of hydrogen-bond acceptors (Lipinski definition) is 8. The summed E-state index contributed by atoms with van der Waals surface area (Å²) in [5, 5.41) is 12.0.